The first-order valence-electron chi connectivity index (χ1n) is 9.40. The van der Waals surface area contributed by atoms with Crippen LogP contribution in [0.4, 0.5) is 74.6 Å². The van der Waals surface area contributed by atoms with Crippen molar-refractivity contribution in [2.75, 3.05) is 26.4 Å². The molecule has 27 heteroatoms. The highest BCUT2D eigenvalue weighted by molar-refractivity contribution is 7.90. The first-order valence-corrected chi connectivity index (χ1v) is 12.6. The van der Waals surface area contributed by atoms with Crippen LogP contribution in [-0.4, -0.2) is 102 Å². The molecule has 8 nitrogen and oxygen atoms in total. The molecular weight excluding hydrogens is 680 g/mol. The fourth-order valence-electron chi connectivity index (χ4n) is 2.22. The van der Waals surface area contributed by atoms with Gasteiger partial charge in [-0.25, -0.2) is 8.42 Å². The van der Waals surface area contributed by atoms with Crippen LogP contribution < -0.4 is 0 Å². The van der Waals surface area contributed by atoms with Crippen LogP contribution in [0.25, 0.3) is 0 Å². The maximum absolute atomic E-state index is 14.1. The molecule has 0 aromatic heterocycles. The Balaban J connectivity index is 6.38. The van der Waals surface area contributed by atoms with Gasteiger partial charge in [-0.15, -0.1) is 0 Å². The molecule has 0 atom stereocenters. The topological polar surface area (TPSA) is 121 Å². The number of hydrogen-bond acceptors (Lipinski definition) is 5. The molecule has 0 aliphatic rings. The molecule has 41 heavy (non-hydrogen) atoms. The van der Waals surface area contributed by atoms with Crippen molar-refractivity contribution in [1.82, 2.24) is 4.31 Å². The van der Waals surface area contributed by atoms with Gasteiger partial charge in [0.2, 0.25) is 0 Å². The second kappa shape index (κ2) is 11.1. The quantitative estimate of drug-likeness (QED) is 0.158. The van der Waals surface area contributed by atoms with E-state index in [9.17, 15) is 92.4 Å². The lowest BCUT2D eigenvalue weighted by Gasteiger charge is -2.42. The van der Waals surface area contributed by atoms with Crippen molar-refractivity contribution in [3.8, 4) is 0 Å². The molecular formula is C14H13F17NO7PS. The molecule has 0 spiro atoms. The van der Waals surface area contributed by atoms with E-state index in [0.29, 0.717) is 0 Å². The number of carbonyl (C=O) groups excluding carboxylic acids is 1. The van der Waals surface area contributed by atoms with Gasteiger partial charge < -0.3 is 14.5 Å². The minimum absolute atomic E-state index is 0.258. The lowest BCUT2D eigenvalue weighted by Crippen LogP contribution is -2.75. The van der Waals surface area contributed by atoms with Crippen LogP contribution in [0.3, 0.4) is 0 Å². The summed E-state index contributed by atoms with van der Waals surface area (Å²) in [6.45, 7) is -3.33. The maximum atomic E-state index is 14.1. The van der Waals surface area contributed by atoms with E-state index >= 15 is 0 Å². The number of carbonyl (C=O) groups is 1. The molecule has 0 saturated carbocycles. The van der Waals surface area contributed by atoms with E-state index in [1.54, 1.807) is 0 Å². The third kappa shape index (κ3) is 6.49. The Hall–Kier alpha value is -1.66. The highest BCUT2D eigenvalue weighted by atomic mass is 32.2. The normalized spacial score (nSPS) is 15.8. The third-order valence-corrected chi connectivity index (χ3v) is 7.42. The summed E-state index contributed by atoms with van der Waals surface area (Å²) in [6, 6.07) is 0. The molecule has 0 aromatic carbocycles. The monoisotopic (exact) mass is 693 g/mol. The van der Waals surface area contributed by atoms with Crippen LogP contribution in [0, 0.1) is 0 Å². The van der Waals surface area contributed by atoms with Gasteiger partial charge in [0.05, 0.1) is 12.6 Å². The summed E-state index contributed by atoms with van der Waals surface area (Å²) in [7, 11) is -12.6. The molecule has 0 radical (unpaired) electrons. The second-order valence-electron chi connectivity index (χ2n) is 7.65. The second-order valence-corrected chi connectivity index (χ2v) is 11.5. The van der Waals surface area contributed by atoms with E-state index in [0.717, 1.165) is 0 Å². The number of hydrogen-bond donors (Lipinski definition) is 2. The molecule has 0 aliphatic carbocycles. The molecule has 0 saturated heterocycles. The van der Waals surface area contributed by atoms with Crippen LogP contribution in [0.5, 0.6) is 0 Å². The zero-order valence-corrected chi connectivity index (χ0v) is 20.7. The summed E-state index contributed by atoms with van der Waals surface area (Å²) in [5.41, 5.74) is 0. The van der Waals surface area contributed by atoms with Crippen molar-refractivity contribution in [2.24, 2.45) is 0 Å². The first-order chi connectivity index (χ1) is 17.5. The smallest absolute Gasteiger partial charge is 0.460 e. The Bertz CT molecular complexity index is 1120. The summed E-state index contributed by atoms with van der Waals surface area (Å²) in [6.07, 6.45) is -10.3. The van der Waals surface area contributed by atoms with Gasteiger partial charge in [0.25, 0.3) is 10.0 Å². The number of alkyl halides is 17. The molecule has 0 bridgehead atoms. The Kier molecular flexibility index (Phi) is 10.7. The lowest BCUT2D eigenvalue weighted by molar-refractivity contribution is -0.458. The number of likely N-dealkylation sites (N-methyl/N-ethyl adjacent to an activating group) is 1. The third-order valence-electron chi connectivity index (χ3n) is 4.70. The largest absolute Gasteiger partial charge is 0.464 e. The van der Waals surface area contributed by atoms with Crippen molar-refractivity contribution >= 4 is 23.6 Å². The highest BCUT2D eigenvalue weighted by Crippen LogP contribution is 2.64. The predicted molar refractivity (Wildman–Crippen MR) is 94.7 cm³/mol. The zero-order chi connectivity index (χ0) is 33.7. The van der Waals surface area contributed by atoms with E-state index in [2.05, 4.69) is 4.74 Å². The van der Waals surface area contributed by atoms with Crippen LogP contribution >= 0.6 is 7.60 Å². The fraction of sp³-hybridized carbons (Fsp3) is 0.929. The van der Waals surface area contributed by atoms with Crippen LogP contribution in [-0.2, 0) is 24.1 Å². The summed E-state index contributed by atoms with van der Waals surface area (Å²) in [5, 5.41) is -7.76. The lowest BCUT2D eigenvalue weighted by atomic mass is 9.91. The van der Waals surface area contributed by atoms with Crippen molar-refractivity contribution in [3.63, 3.8) is 0 Å². The summed E-state index contributed by atoms with van der Waals surface area (Å²) >= 11 is 0. The van der Waals surface area contributed by atoms with Gasteiger partial charge in [0, 0.05) is 13.6 Å². The average Bonchev–Trinajstić information content (AvgIpc) is 2.75. The molecule has 0 amide bonds. The predicted octanol–water partition coefficient (Wildman–Crippen LogP) is 4.33. The van der Waals surface area contributed by atoms with Gasteiger partial charge in [0.1, 0.15) is 6.61 Å². The molecule has 246 valence electrons. The van der Waals surface area contributed by atoms with Crippen molar-refractivity contribution in [3.05, 3.63) is 0 Å². The molecule has 0 aromatic rings. The zero-order valence-electron chi connectivity index (χ0n) is 19.0. The number of halogens is 17. The standard InChI is InChI=1S/C14H13F17NO7PS/c1-32(3-4-39-6(33)2-5-40(34,35)36)41(37,38)14(30,31)12(25,26)10(21,22)8(17,18)7(15,16)9(19,20)11(23,24)13(27,28)29/h2-5H2,1H3,(H2,34,35,36). The summed E-state index contributed by atoms with van der Waals surface area (Å²) in [4.78, 5) is 28.2. The SMILES string of the molecule is CN(CCOC(=O)CCP(=O)(O)O)S(=O)(=O)C(F)(F)C(F)(F)C(F)(F)C(F)(F)C(F)(F)C(F)(F)C(F)(F)C(F)(F)F. The minimum atomic E-state index is -8.96. The van der Waals surface area contributed by atoms with E-state index in [1.165, 1.54) is 0 Å². The summed E-state index contributed by atoms with van der Waals surface area (Å²) in [5.74, 6) is -54.0. The van der Waals surface area contributed by atoms with Crippen molar-refractivity contribution < 1.29 is 107 Å². The number of esters is 1. The van der Waals surface area contributed by atoms with Gasteiger partial charge >= 0.3 is 60.5 Å². The molecule has 0 rings (SSSR count). The van der Waals surface area contributed by atoms with E-state index in [-0.39, 0.29) is 7.05 Å². The van der Waals surface area contributed by atoms with Gasteiger partial charge in [-0.3, -0.25) is 9.36 Å². The van der Waals surface area contributed by atoms with Crippen LogP contribution in [0.1, 0.15) is 6.42 Å². The van der Waals surface area contributed by atoms with E-state index in [1.807, 2.05) is 0 Å². The van der Waals surface area contributed by atoms with Gasteiger partial charge in [-0.1, -0.05) is 0 Å². The van der Waals surface area contributed by atoms with Gasteiger partial charge in [0.15, 0.2) is 0 Å². The van der Waals surface area contributed by atoms with Crippen LogP contribution in [0.2, 0.25) is 0 Å². The van der Waals surface area contributed by atoms with Crippen LogP contribution in [0.15, 0.2) is 0 Å². The van der Waals surface area contributed by atoms with Gasteiger partial charge in [-0.2, -0.15) is 78.9 Å². The Labute approximate surface area is 215 Å². The Morgan fingerprint density at radius 2 is 1.05 bits per heavy atom. The van der Waals surface area contributed by atoms with Crippen molar-refractivity contribution in [2.45, 2.75) is 53.4 Å². The van der Waals surface area contributed by atoms with Crippen molar-refractivity contribution in [1.29, 1.82) is 0 Å². The minimum Gasteiger partial charge on any atom is -0.464 e. The Morgan fingerprint density at radius 3 is 1.39 bits per heavy atom. The Morgan fingerprint density at radius 1 is 0.707 bits per heavy atom. The summed E-state index contributed by atoms with van der Waals surface area (Å²) < 4.78 is 263. The molecule has 0 aliphatic heterocycles. The number of rotatable bonds is 14. The molecule has 0 heterocycles. The number of nitrogens with zero attached hydrogens (tertiary/aromatic N) is 1. The number of sulfonamides is 1. The molecule has 2 N–H and O–H groups in total. The fourth-order valence-corrected chi connectivity index (χ4v) is 3.86. The maximum Gasteiger partial charge on any atom is 0.460 e. The molecule has 0 unspecified atom stereocenters. The number of ether oxygens (including phenoxy) is 1. The molecule has 0 fully saturated rings. The van der Waals surface area contributed by atoms with Gasteiger partial charge in [-0.05, 0) is 0 Å². The van der Waals surface area contributed by atoms with E-state index in [4.69, 9.17) is 9.79 Å². The highest BCUT2D eigenvalue weighted by Gasteiger charge is 2.96. The first kappa shape index (κ1) is 39.3. The van der Waals surface area contributed by atoms with E-state index < -0.39 is 101 Å². The average molecular weight is 693 g/mol.